The molecule has 1 fully saturated rings. The average Bonchev–Trinajstić information content (AvgIpc) is 2.81. The van der Waals surface area contributed by atoms with Gasteiger partial charge < -0.3 is 14.4 Å². The molecule has 2 unspecified atom stereocenters. The molecule has 5 heteroatoms. The van der Waals surface area contributed by atoms with Crippen LogP contribution in [0.2, 0.25) is 0 Å². The Kier molecular flexibility index (Phi) is 4.60. The van der Waals surface area contributed by atoms with E-state index in [2.05, 4.69) is 20.8 Å². The van der Waals surface area contributed by atoms with E-state index in [1.807, 2.05) is 18.2 Å². The van der Waals surface area contributed by atoms with Gasteiger partial charge in [-0.05, 0) is 25.1 Å². The Morgan fingerprint density at radius 2 is 1.84 bits per heavy atom. The lowest BCUT2D eigenvalue weighted by molar-refractivity contribution is -0.00461. The maximum Gasteiger partial charge on any atom is 0.161 e. The number of anilines is 1. The minimum absolute atomic E-state index is 0.0313. The number of halogens is 1. The third kappa shape index (κ3) is 2.99. The Balaban J connectivity index is 2.32. The summed E-state index contributed by atoms with van der Waals surface area (Å²) in [5.41, 5.74) is 1.67. The summed E-state index contributed by atoms with van der Waals surface area (Å²) in [6.07, 6.45) is 0.0626. The molecule has 19 heavy (non-hydrogen) atoms. The van der Waals surface area contributed by atoms with Crippen LogP contribution in [-0.2, 0) is 9.47 Å². The minimum Gasteiger partial charge on any atom is -0.377 e. The maximum absolute atomic E-state index is 11.7. The van der Waals surface area contributed by atoms with E-state index >= 15 is 0 Å². The van der Waals surface area contributed by atoms with Gasteiger partial charge in [-0.2, -0.15) is 0 Å². The van der Waals surface area contributed by atoms with Crippen molar-refractivity contribution in [1.29, 1.82) is 0 Å². The van der Waals surface area contributed by atoms with Gasteiger partial charge >= 0.3 is 0 Å². The van der Waals surface area contributed by atoms with Crippen molar-refractivity contribution < 1.29 is 14.3 Å². The largest absolute Gasteiger partial charge is 0.377 e. The Hall–Kier alpha value is -0.910. The SMILES string of the molecule is COC1CN(c2cc(Br)ccc2C(C)=O)CC1OC. The molecule has 1 aliphatic heterocycles. The topological polar surface area (TPSA) is 38.8 Å². The van der Waals surface area contributed by atoms with Crippen LogP contribution >= 0.6 is 15.9 Å². The van der Waals surface area contributed by atoms with E-state index < -0.39 is 0 Å². The molecular formula is C14H18BrNO3. The monoisotopic (exact) mass is 327 g/mol. The van der Waals surface area contributed by atoms with Crippen LogP contribution in [-0.4, -0.2) is 45.3 Å². The second-order valence-electron chi connectivity index (χ2n) is 4.67. The zero-order chi connectivity index (χ0) is 14.0. The van der Waals surface area contributed by atoms with E-state index in [1.165, 1.54) is 0 Å². The van der Waals surface area contributed by atoms with Gasteiger partial charge in [-0.3, -0.25) is 4.79 Å². The smallest absolute Gasteiger partial charge is 0.161 e. The van der Waals surface area contributed by atoms with Crippen molar-refractivity contribution >= 4 is 27.4 Å². The zero-order valence-electron chi connectivity index (χ0n) is 11.4. The summed E-state index contributed by atoms with van der Waals surface area (Å²) in [7, 11) is 3.37. The Morgan fingerprint density at radius 1 is 1.26 bits per heavy atom. The molecule has 1 aromatic carbocycles. The Morgan fingerprint density at radius 3 is 2.32 bits per heavy atom. The van der Waals surface area contributed by atoms with Crippen LogP contribution in [0.25, 0.3) is 0 Å². The highest BCUT2D eigenvalue weighted by Gasteiger charge is 2.34. The second kappa shape index (κ2) is 6.03. The summed E-state index contributed by atoms with van der Waals surface area (Å²) in [4.78, 5) is 13.9. The number of rotatable bonds is 4. The van der Waals surface area contributed by atoms with Crippen molar-refractivity contribution in [1.82, 2.24) is 0 Å². The zero-order valence-corrected chi connectivity index (χ0v) is 12.9. The van der Waals surface area contributed by atoms with E-state index in [0.717, 1.165) is 28.8 Å². The molecule has 0 spiro atoms. The van der Waals surface area contributed by atoms with Crippen molar-refractivity contribution in [3.8, 4) is 0 Å². The lowest BCUT2D eigenvalue weighted by atomic mass is 10.1. The van der Waals surface area contributed by atoms with Crippen molar-refractivity contribution in [3.05, 3.63) is 28.2 Å². The normalized spacial score (nSPS) is 22.8. The predicted octanol–water partition coefficient (Wildman–Crippen LogP) is 2.50. The van der Waals surface area contributed by atoms with Gasteiger partial charge in [0.15, 0.2) is 5.78 Å². The van der Waals surface area contributed by atoms with E-state index in [0.29, 0.717) is 0 Å². The summed E-state index contributed by atoms with van der Waals surface area (Å²) in [5.74, 6) is 0.0670. The van der Waals surface area contributed by atoms with E-state index in [1.54, 1.807) is 21.1 Å². The number of methoxy groups -OCH3 is 2. The van der Waals surface area contributed by atoms with Crippen molar-refractivity contribution in [2.75, 3.05) is 32.2 Å². The number of Topliss-reactive ketones (excluding diaryl/α,β-unsaturated/α-hetero) is 1. The molecule has 1 aliphatic rings. The molecule has 0 aliphatic carbocycles. The van der Waals surface area contributed by atoms with Gasteiger partial charge in [-0.25, -0.2) is 0 Å². The van der Waals surface area contributed by atoms with Gasteiger partial charge in [0.1, 0.15) is 12.2 Å². The van der Waals surface area contributed by atoms with Crippen LogP contribution in [0.15, 0.2) is 22.7 Å². The molecule has 0 amide bonds. The van der Waals surface area contributed by atoms with Crippen LogP contribution in [0.4, 0.5) is 5.69 Å². The van der Waals surface area contributed by atoms with E-state index in [9.17, 15) is 4.79 Å². The number of hydrogen-bond acceptors (Lipinski definition) is 4. The molecule has 4 nitrogen and oxygen atoms in total. The fourth-order valence-corrected chi connectivity index (χ4v) is 2.81. The number of benzene rings is 1. The van der Waals surface area contributed by atoms with Crippen LogP contribution in [0.5, 0.6) is 0 Å². The molecule has 0 radical (unpaired) electrons. The van der Waals surface area contributed by atoms with Crippen LogP contribution in [0.1, 0.15) is 17.3 Å². The first-order chi connectivity index (χ1) is 9.06. The number of ketones is 1. The first kappa shape index (κ1) is 14.5. The summed E-state index contributed by atoms with van der Waals surface area (Å²) in [6, 6.07) is 5.71. The molecular weight excluding hydrogens is 310 g/mol. The number of hydrogen-bond donors (Lipinski definition) is 0. The molecule has 1 aromatic rings. The highest BCUT2D eigenvalue weighted by molar-refractivity contribution is 9.10. The number of nitrogens with zero attached hydrogens (tertiary/aromatic N) is 1. The standard InChI is InChI=1S/C14H18BrNO3/c1-9(17)11-5-4-10(15)6-12(11)16-7-13(18-2)14(8-16)19-3/h4-6,13-14H,7-8H2,1-3H3. The molecule has 2 atom stereocenters. The molecule has 1 heterocycles. The highest BCUT2D eigenvalue weighted by atomic mass is 79.9. The molecule has 2 rings (SSSR count). The van der Waals surface area contributed by atoms with Gasteiger partial charge in [-0.1, -0.05) is 15.9 Å². The summed E-state index contributed by atoms with van der Waals surface area (Å²) >= 11 is 3.46. The highest BCUT2D eigenvalue weighted by Crippen LogP contribution is 2.30. The van der Waals surface area contributed by atoms with Crippen LogP contribution in [0, 0.1) is 0 Å². The van der Waals surface area contributed by atoms with Gasteiger partial charge in [0.05, 0.1) is 0 Å². The quantitative estimate of drug-likeness (QED) is 0.796. The minimum atomic E-state index is 0.0313. The molecule has 0 N–H and O–H groups in total. The van der Waals surface area contributed by atoms with Gasteiger partial charge in [0.25, 0.3) is 0 Å². The number of ether oxygens (including phenoxy) is 2. The van der Waals surface area contributed by atoms with Gasteiger partial charge in [0.2, 0.25) is 0 Å². The van der Waals surface area contributed by atoms with Crippen molar-refractivity contribution in [2.24, 2.45) is 0 Å². The first-order valence-electron chi connectivity index (χ1n) is 6.17. The third-order valence-corrected chi connectivity index (χ3v) is 3.99. The van der Waals surface area contributed by atoms with Crippen LogP contribution < -0.4 is 4.90 Å². The van der Waals surface area contributed by atoms with Crippen LogP contribution in [0.3, 0.4) is 0 Å². The lowest BCUT2D eigenvalue weighted by Crippen LogP contribution is -2.27. The Bertz CT molecular complexity index is 466. The number of carbonyl (C=O) groups is 1. The average molecular weight is 328 g/mol. The number of carbonyl (C=O) groups excluding carboxylic acids is 1. The predicted molar refractivity (Wildman–Crippen MR) is 78.0 cm³/mol. The van der Waals surface area contributed by atoms with E-state index in [-0.39, 0.29) is 18.0 Å². The molecule has 1 saturated heterocycles. The third-order valence-electron chi connectivity index (χ3n) is 3.50. The molecule has 0 bridgehead atoms. The summed E-state index contributed by atoms with van der Waals surface area (Å²) in [5, 5.41) is 0. The fourth-order valence-electron chi connectivity index (χ4n) is 2.46. The maximum atomic E-state index is 11.7. The molecule has 0 aromatic heterocycles. The molecule has 0 saturated carbocycles. The first-order valence-corrected chi connectivity index (χ1v) is 6.97. The van der Waals surface area contributed by atoms with Crippen molar-refractivity contribution in [2.45, 2.75) is 19.1 Å². The second-order valence-corrected chi connectivity index (χ2v) is 5.59. The summed E-state index contributed by atoms with van der Waals surface area (Å²) < 4.78 is 11.8. The lowest BCUT2D eigenvalue weighted by Gasteiger charge is -2.21. The Labute approximate surface area is 121 Å². The fraction of sp³-hybridized carbons (Fsp3) is 0.500. The van der Waals surface area contributed by atoms with Gasteiger partial charge in [0, 0.05) is 43.0 Å². The molecule has 104 valence electrons. The van der Waals surface area contributed by atoms with E-state index in [4.69, 9.17) is 9.47 Å². The van der Waals surface area contributed by atoms with Crippen molar-refractivity contribution in [3.63, 3.8) is 0 Å². The van der Waals surface area contributed by atoms with Gasteiger partial charge in [-0.15, -0.1) is 0 Å². The summed E-state index contributed by atoms with van der Waals surface area (Å²) in [6.45, 7) is 3.04.